The molecular weight excluding hydrogens is 364 g/mol. The number of carbonyl (C=O) groups is 1. The monoisotopic (exact) mass is 380 g/mol. The lowest BCUT2D eigenvalue weighted by Gasteiger charge is -2.14. The topological polar surface area (TPSA) is 116 Å². The second-order valence-corrected chi connectivity index (χ2v) is 6.80. The van der Waals surface area contributed by atoms with Crippen molar-refractivity contribution in [2.45, 2.75) is 12.5 Å². The van der Waals surface area contributed by atoms with E-state index in [2.05, 4.69) is 37.4 Å². The Balaban J connectivity index is 1.69. The van der Waals surface area contributed by atoms with E-state index in [0.717, 1.165) is 26.8 Å². The Kier molecular flexibility index (Phi) is 4.43. The van der Waals surface area contributed by atoms with Gasteiger partial charge in [-0.25, -0.2) is 9.78 Å². The summed E-state index contributed by atoms with van der Waals surface area (Å²) in [7, 11) is 0. The number of hydrogen-bond donors (Lipinski definition) is 4. The Morgan fingerprint density at radius 3 is 3.07 bits per heavy atom. The minimum absolute atomic E-state index is 0.252. The van der Waals surface area contributed by atoms with E-state index < -0.39 is 12.0 Å². The van der Waals surface area contributed by atoms with Gasteiger partial charge in [0.05, 0.1) is 21.9 Å². The molecule has 0 spiro atoms. The van der Waals surface area contributed by atoms with E-state index in [1.807, 2.05) is 29.6 Å². The highest BCUT2D eigenvalue weighted by Gasteiger charge is 2.18. The van der Waals surface area contributed by atoms with E-state index in [9.17, 15) is 9.90 Å². The van der Waals surface area contributed by atoms with Crippen molar-refractivity contribution in [3.05, 3.63) is 48.5 Å². The van der Waals surface area contributed by atoms with E-state index in [0.29, 0.717) is 5.82 Å². The summed E-state index contributed by atoms with van der Waals surface area (Å²) >= 11 is 1.52. The maximum atomic E-state index is 11.4. The number of aromatic nitrogens is 4. The Hall–Kier alpha value is -3.46. The second-order valence-electron chi connectivity index (χ2n) is 5.89. The van der Waals surface area contributed by atoms with Gasteiger partial charge in [-0.1, -0.05) is 6.08 Å². The molecule has 27 heavy (non-hydrogen) atoms. The molecule has 4 N–H and O–H groups in total. The Bertz CT molecular complexity index is 1140. The van der Waals surface area contributed by atoms with E-state index >= 15 is 0 Å². The number of carboxylic acids is 1. The summed E-state index contributed by atoms with van der Waals surface area (Å²) < 4.78 is 0.892. The third-order valence-electron chi connectivity index (χ3n) is 4.01. The fourth-order valence-electron chi connectivity index (χ4n) is 2.71. The van der Waals surface area contributed by atoms with Crippen LogP contribution in [0, 0.1) is 0 Å². The summed E-state index contributed by atoms with van der Waals surface area (Å²) in [6, 6.07) is 6.86. The van der Waals surface area contributed by atoms with Crippen molar-refractivity contribution < 1.29 is 9.90 Å². The van der Waals surface area contributed by atoms with Crippen LogP contribution < -0.4 is 10.6 Å². The van der Waals surface area contributed by atoms with Crippen molar-refractivity contribution in [2.75, 3.05) is 10.6 Å². The molecule has 0 bridgehead atoms. The minimum Gasteiger partial charge on any atom is -0.480 e. The quantitative estimate of drug-likeness (QED) is 0.361. The summed E-state index contributed by atoms with van der Waals surface area (Å²) in [5.74, 6) is -0.117. The van der Waals surface area contributed by atoms with Crippen molar-refractivity contribution in [1.82, 2.24) is 20.2 Å². The zero-order chi connectivity index (χ0) is 18.8. The summed E-state index contributed by atoms with van der Waals surface area (Å²) in [5, 5.41) is 25.3. The van der Waals surface area contributed by atoms with Gasteiger partial charge in [-0.3, -0.25) is 5.10 Å². The predicted octanol–water partition coefficient (Wildman–Crippen LogP) is 3.75. The molecule has 0 aliphatic rings. The lowest BCUT2D eigenvalue weighted by Crippen LogP contribution is -2.29. The van der Waals surface area contributed by atoms with E-state index in [4.69, 9.17) is 0 Å². The summed E-state index contributed by atoms with van der Waals surface area (Å²) in [6.45, 7) is 3.60. The minimum atomic E-state index is -0.983. The van der Waals surface area contributed by atoms with Gasteiger partial charge in [0.25, 0.3) is 0 Å². The number of benzene rings is 1. The van der Waals surface area contributed by atoms with Crippen LogP contribution in [0.2, 0.25) is 0 Å². The molecule has 0 fully saturated rings. The molecule has 1 unspecified atom stereocenters. The van der Waals surface area contributed by atoms with Gasteiger partial charge in [0.1, 0.15) is 6.04 Å². The highest BCUT2D eigenvalue weighted by Crippen LogP contribution is 2.30. The molecule has 9 heteroatoms. The molecule has 0 aliphatic carbocycles. The standard InChI is InChI=1S/C18H16N6O2S/c1-2-3-14(17(25)26)22-18-21-13-6-7-27-15(13)16(23-18)20-11-4-5-12-10(8-11)9-19-24-12/h2,4-9,14H,1,3H2,(H,19,24)(H,25,26)(H2,20,21,22,23). The number of carboxylic acid groups (broad SMARTS) is 1. The van der Waals surface area contributed by atoms with Crippen LogP contribution >= 0.6 is 11.3 Å². The third kappa shape index (κ3) is 3.44. The van der Waals surface area contributed by atoms with Crippen molar-refractivity contribution >= 4 is 55.9 Å². The molecule has 0 aliphatic heterocycles. The first-order chi connectivity index (χ1) is 13.1. The van der Waals surface area contributed by atoms with Crippen molar-refractivity contribution in [3.8, 4) is 0 Å². The first kappa shape index (κ1) is 17.0. The number of H-pyrrole nitrogens is 1. The van der Waals surface area contributed by atoms with Crippen molar-refractivity contribution in [2.24, 2.45) is 0 Å². The van der Waals surface area contributed by atoms with Gasteiger partial charge in [0, 0.05) is 11.1 Å². The summed E-state index contributed by atoms with van der Waals surface area (Å²) in [4.78, 5) is 20.3. The lowest BCUT2D eigenvalue weighted by molar-refractivity contribution is -0.137. The molecule has 4 aromatic rings. The molecule has 0 saturated heterocycles. The first-order valence-corrected chi connectivity index (χ1v) is 9.07. The van der Waals surface area contributed by atoms with Crippen LogP contribution in [0.1, 0.15) is 6.42 Å². The number of anilines is 3. The second kappa shape index (κ2) is 7.04. The fraction of sp³-hybridized carbons (Fsp3) is 0.111. The van der Waals surface area contributed by atoms with Crippen LogP contribution in [0.5, 0.6) is 0 Å². The Morgan fingerprint density at radius 2 is 2.26 bits per heavy atom. The molecule has 1 atom stereocenters. The third-order valence-corrected chi connectivity index (χ3v) is 4.92. The number of aliphatic carboxylic acids is 1. The highest BCUT2D eigenvalue weighted by molar-refractivity contribution is 7.17. The molecule has 8 nitrogen and oxygen atoms in total. The van der Waals surface area contributed by atoms with Crippen LogP contribution in [0.15, 0.2) is 48.5 Å². The van der Waals surface area contributed by atoms with E-state index in [-0.39, 0.29) is 12.4 Å². The molecular formula is C18H16N6O2S. The zero-order valence-corrected chi connectivity index (χ0v) is 15.0. The van der Waals surface area contributed by atoms with Gasteiger partial charge in [0.15, 0.2) is 5.82 Å². The number of thiophene rings is 1. The van der Waals surface area contributed by atoms with Gasteiger partial charge in [-0.15, -0.1) is 17.9 Å². The average Bonchev–Trinajstić information content (AvgIpc) is 3.29. The fourth-order valence-corrected chi connectivity index (χ4v) is 3.49. The lowest BCUT2D eigenvalue weighted by atomic mass is 10.2. The van der Waals surface area contributed by atoms with Gasteiger partial charge in [-0.05, 0) is 36.1 Å². The first-order valence-electron chi connectivity index (χ1n) is 8.19. The molecule has 4 rings (SSSR count). The van der Waals surface area contributed by atoms with Crippen LogP contribution in [0.25, 0.3) is 21.1 Å². The number of nitrogens with zero attached hydrogens (tertiary/aromatic N) is 3. The Morgan fingerprint density at radius 1 is 1.37 bits per heavy atom. The number of rotatable bonds is 7. The van der Waals surface area contributed by atoms with Crippen LogP contribution in [0.4, 0.5) is 17.5 Å². The van der Waals surface area contributed by atoms with Crippen LogP contribution in [-0.4, -0.2) is 37.3 Å². The molecule has 3 aromatic heterocycles. The van der Waals surface area contributed by atoms with Crippen molar-refractivity contribution in [1.29, 1.82) is 0 Å². The van der Waals surface area contributed by atoms with E-state index in [1.165, 1.54) is 11.3 Å². The largest absolute Gasteiger partial charge is 0.480 e. The molecule has 0 saturated carbocycles. The molecule has 1 aromatic carbocycles. The maximum Gasteiger partial charge on any atom is 0.326 e. The number of fused-ring (bicyclic) bond motifs is 2. The normalized spacial score (nSPS) is 12.1. The van der Waals surface area contributed by atoms with Gasteiger partial charge < -0.3 is 15.7 Å². The molecule has 0 amide bonds. The van der Waals surface area contributed by atoms with Crippen LogP contribution in [0.3, 0.4) is 0 Å². The predicted molar refractivity (Wildman–Crippen MR) is 107 cm³/mol. The number of hydrogen-bond acceptors (Lipinski definition) is 7. The smallest absolute Gasteiger partial charge is 0.326 e. The van der Waals surface area contributed by atoms with Gasteiger partial charge >= 0.3 is 5.97 Å². The SMILES string of the molecule is C=CCC(Nc1nc(Nc2ccc3[nH]ncc3c2)c2sccc2n1)C(=O)O. The maximum absolute atomic E-state index is 11.4. The number of nitrogens with one attached hydrogen (secondary N) is 3. The molecule has 136 valence electrons. The Labute approximate surface area is 158 Å². The van der Waals surface area contributed by atoms with Gasteiger partial charge in [0.2, 0.25) is 5.95 Å². The van der Waals surface area contributed by atoms with Gasteiger partial charge in [-0.2, -0.15) is 10.1 Å². The zero-order valence-electron chi connectivity index (χ0n) is 14.1. The summed E-state index contributed by atoms with van der Waals surface area (Å²) in [6.07, 6.45) is 3.56. The van der Waals surface area contributed by atoms with E-state index in [1.54, 1.807) is 12.3 Å². The highest BCUT2D eigenvalue weighted by atomic mass is 32.1. The van der Waals surface area contributed by atoms with Crippen molar-refractivity contribution in [3.63, 3.8) is 0 Å². The van der Waals surface area contributed by atoms with Crippen LogP contribution in [-0.2, 0) is 4.79 Å². The molecule has 0 radical (unpaired) electrons. The summed E-state index contributed by atoms with van der Waals surface area (Å²) in [5.41, 5.74) is 2.54. The molecule has 3 heterocycles. The average molecular weight is 380 g/mol. The number of aromatic amines is 1.